The fourth-order valence-corrected chi connectivity index (χ4v) is 5.28. The lowest BCUT2D eigenvalue weighted by Crippen LogP contribution is -2.48. The third-order valence-electron chi connectivity index (χ3n) is 4.90. The van der Waals surface area contributed by atoms with Crippen molar-refractivity contribution < 1.29 is 22.8 Å². The predicted molar refractivity (Wildman–Crippen MR) is 94.6 cm³/mol. The highest BCUT2D eigenvalue weighted by Crippen LogP contribution is 2.39. The van der Waals surface area contributed by atoms with Crippen molar-refractivity contribution in [3.8, 4) is 11.5 Å². The van der Waals surface area contributed by atoms with Gasteiger partial charge in [-0.25, -0.2) is 13.1 Å². The molecule has 3 aliphatic heterocycles. The van der Waals surface area contributed by atoms with Gasteiger partial charge in [-0.1, -0.05) is 0 Å². The zero-order valence-corrected chi connectivity index (χ0v) is 15.5. The number of rotatable bonds is 4. The molecule has 0 saturated carbocycles. The first-order valence-corrected chi connectivity index (χ1v) is 9.77. The summed E-state index contributed by atoms with van der Waals surface area (Å²) in [4.78, 5) is 10.3. The fraction of sp³-hybridized carbons (Fsp3) is 0.600. The molecule has 2 fully saturated rings. The summed E-state index contributed by atoms with van der Waals surface area (Å²) < 4.78 is 39.0. The number of nitro groups is 1. The summed E-state index contributed by atoms with van der Waals surface area (Å²) in [6, 6.07) is 2.69. The molecular weight excluding hydrogens is 386 g/mol. The summed E-state index contributed by atoms with van der Waals surface area (Å²) in [6.07, 6.45) is 3.45. The van der Waals surface area contributed by atoms with E-state index in [1.54, 1.807) is 0 Å². The molecule has 0 spiro atoms. The molecule has 9 nitrogen and oxygen atoms in total. The lowest BCUT2D eigenvalue weighted by molar-refractivity contribution is -0.388. The monoisotopic (exact) mass is 405 g/mol. The second-order valence-corrected chi connectivity index (χ2v) is 8.33. The summed E-state index contributed by atoms with van der Waals surface area (Å²) in [5.74, 6) is 0.402. The number of nitrogens with zero attached hydrogens (tertiary/aromatic N) is 1. The summed E-state index contributed by atoms with van der Waals surface area (Å²) in [5.41, 5.74) is -0.506. The highest BCUT2D eigenvalue weighted by molar-refractivity contribution is 7.89. The molecule has 0 radical (unpaired) electrons. The van der Waals surface area contributed by atoms with Gasteiger partial charge in [-0.05, 0) is 25.7 Å². The molecule has 11 heteroatoms. The van der Waals surface area contributed by atoms with E-state index >= 15 is 0 Å². The predicted octanol–water partition coefficient (Wildman–Crippen LogP) is 1.35. The Balaban J connectivity index is 0.00000196. The largest absolute Gasteiger partial charge is 0.486 e. The number of sulfonamides is 1. The normalized spacial score (nSPS) is 26.8. The Morgan fingerprint density at radius 2 is 1.69 bits per heavy atom. The summed E-state index contributed by atoms with van der Waals surface area (Å²) in [5, 5.41) is 14.8. The Morgan fingerprint density at radius 3 is 2.27 bits per heavy atom. The van der Waals surface area contributed by atoms with Crippen molar-refractivity contribution in [3.63, 3.8) is 0 Å². The lowest BCUT2D eigenvalue weighted by atomic mass is 10.0. The number of piperidine rings is 1. The maximum atomic E-state index is 12.8. The van der Waals surface area contributed by atoms with Gasteiger partial charge in [0.25, 0.3) is 5.69 Å². The highest BCUT2D eigenvalue weighted by atomic mass is 35.5. The summed E-state index contributed by atoms with van der Waals surface area (Å²) >= 11 is 0. The van der Waals surface area contributed by atoms with Crippen molar-refractivity contribution >= 4 is 28.1 Å². The molecule has 0 aliphatic carbocycles. The number of nitrogens with one attached hydrogen (secondary N) is 2. The molecule has 2 saturated heterocycles. The number of hydrogen-bond donors (Lipinski definition) is 2. The number of fused-ring (bicyclic) bond motifs is 3. The molecule has 144 valence electrons. The first-order valence-electron chi connectivity index (χ1n) is 8.29. The Hall–Kier alpha value is -1.62. The molecule has 4 rings (SSSR count). The molecular formula is C15H20ClN3O6S. The number of nitro benzene ring substituents is 1. The average molecular weight is 406 g/mol. The van der Waals surface area contributed by atoms with Gasteiger partial charge in [0.1, 0.15) is 13.2 Å². The minimum Gasteiger partial charge on any atom is -0.486 e. The van der Waals surface area contributed by atoms with Crippen molar-refractivity contribution in [1.82, 2.24) is 10.0 Å². The molecule has 0 amide bonds. The standard InChI is InChI=1S/C15H19N3O6S.ClH/c19-18(20)12-7-13-14(24-4-3-23-13)8-15(12)25(21,22)17-11-5-9-1-2-10(6-11)16-9;/h7-11,16-17H,1-6H2;1H. The van der Waals surface area contributed by atoms with Crippen LogP contribution in [0.1, 0.15) is 25.7 Å². The van der Waals surface area contributed by atoms with Gasteiger partial charge in [0.05, 0.1) is 11.0 Å². The van der Waals surface area contributed by atoms with Crippen LogP contribution in [0.25, 0.3) is 0 Å². The first kappa shape index (κ1) is 19.2. The summed E-state index contributed by atoms with van der Waals surface area (Å²) in [7, 11) is -4.04. The van der Waals surface area contributed by atoms with E-state index in [9.17, 15) is 18.5 Å². The van der Waals surface area contributed by atoms with Crippen LogP contribution in [0.5, 0.6) is 11.5 Å². The van der Waals surface area contributed by atoms with Crippen LogP contribution in [0.15, 0.2) is 17.0 Å². The molecule has 2 N–H and O–H groups in total. The van der Waals surface area contributed by atoms with Crippen LogP contribution in [0.4, 0.5) is 5.69 Å². The van der Waals surface area contributed by atoms with E-state index in [0.717, 1.165) is 18.9 Å². The number of hydrogen-bond acceptors (Lipinski definition) is 7. The van der Waals surface area contributed by atoms with Crippen molar-refractivity contribution in [2.45, 2.75) is 48.7 Å². The zero-order valence-electron chi connectivity index (χ0n) is 13.8. The Kier molecular flexibility index (Phi) is 5.29. The topological polar surface area (TPSA) is 120 Å². The van der Waals surface area contributed by atoms with Gasteiger partial charge in [-0.15, -0.1) is 12.4 Å². The van der Waals surface area contributed by atoms with Crippen molar-refractivity contribution in [3.05, 3.63) is 22.2 Å². The van der Waals surface area contributed by atoms with Crippen LogP contribution in [-0.4, -0.2) is 44.7 Å². The third kappa shape index (κ3) is 3.59. The Bertz CT molecular complexity index is 806. The smallest absolute Gasteiger partial charge is 0.293 e. The summed E-state index contributed by atoms with van der Waals surface area (Å²) in [6.45, 7) is 0.543. The number of halogens is 1. The Morgan fingerprint density at radius 1 is 1.12 bits per heavy atom. The quantitative estimate of drug-likeness (QED) is 0.573. The van der Waals surface area contributed by atoms with Gasteiger partial charge in [-0.2, -0.15) is 0 Å². The van der Waals surface area contributed by atoms with Crippen LogP contribution in [0, 0.1) is 10.1 Å². The van der Waals surface area contributed by atoms with Crippen LogP contribution >= 0.6 is 12.4 Å². The first-order chi connectivity index (χ1) is 11.9. The van der Waals surface area contributed by atoms with Crippen LogP contribution in [0.2, 0.25) is 0 Å². The van der Waals surface area contributed by atoms with Crippen LogP contribution in [0.3, 0.4) is 0 Å². The van der Waals surface area contributed by atoms with Gasteiger partial charge in [0.2, 0.25) is 10.0 Å². The number of ether oxygens (including phenoxy) is 2. The van der Waals surface area contributed by atoms with Gasteiger partial charge >= 0.3 is 0 Å². The second-order valence-electron chi connectivity index (χ2n) is 6.65. The van der Waals surface area contributed by atoms with Crippen LogP contribution < -0.4 is 19.5 Å². The molecule has 2 bridgehead atoms. The SMILES string of the molecule is Cl.O=[N+]([O-])c1cc2c(cc1S(=O)(=O)NC1CC3CCC(C1)N3)OCCO2. The molecule has 1 aromatic rings. The lowest BCUT2D eigenvalue weighted by Gasteiger charge is -2.29. The zero-order chi connectivity index (χ0) is 17.6. The average Bonchev–Trinajstić information content (AvgIpc) is 2.91. The molecule has 1 aromatic carbocycles. The van der Waals surface area contributed by atoms with Gasteiger partial charge in [0, 0.05) is 24.2 Å². The molecule has 3 aliphatic rings. The van der Waals surface area contributed by atoms with E-state index < -0.39 is 20.6 Å². The molecule has 2 atom stereocenters. The Labute approximate surface area is 157 Å². The molecule has 26 heavy (non-hydrogen) atoms. The third-order valence-corrected chi connectivity index (χ3v) is 6.45. The van der Waals surface area contributed by atoms with E-state index in [-0.39, 0.29) is 48.1 Å². The molecule has 2 unspecified atom stereocenters. The second kappa shape index (κ2) is 7.18. The van der Waals surface area contributed by atoms with E-state index in [0.29, 0.717) is 24.9 Å². The van der Waals surface area contributed by atoms with E-state index in [1.165, 1.54) is 6.07 Å². The maximum absolute atomic E-state index is 12.8. The van der Waals surface area contributed by atoms with Crippen molar-refractivity contribution in [1.29, 1.82) is 0 Å². The minimum absolute atomic E-state index is 0. The van der Waals surface area contributed by atoms with Crippen molar-refractivity contribution in [2.24, 2.45) is 0 Å². The van der Waals surface area contributed by atoms with Crippen LogP contribution in [-0.2, 0) is 10.0 Å². The highest BCUT2D eigenvalue weighted by Gasteiger charge is 2.37. The number of benzene rings is 1. The molecule has 3 heterocycles. The van der Waals surface area contributed by atoms with Gasteiger partial charge in [-0.3, -0.25) is 10.1 Å². The molecule has 0 aromatic heterocycles. The maximum Gasteiger partial charge on any atom is 0.293 e. The minimum atomic E-state index is -4.04. The van der Waals surface area contributed by atoms with E-state index in [2.05, 4.69) is 10.0 Å². The van der Waals surface area contributed by atoms with Gasteiger partial charge < -0.3 is 14.8 Å². The van der Waals surface area contributed by atoms with Crippen molar-refractivity contribution in [2.75, 3.05) is 13.2 Å². The van der Waals surface area contributed by atoms with Gasteiger partial charge in [0.15, 0.2) is 16.4 Å². The van der Waals surface area contributed by atoms with E-state index in [4.69, 9.17) is 9.47 Å². The van der Waals surface area contributed by atoms with E-state index in [1.807, 2.05) is 0 Å². The fourth-order valence-electron chi connectivity index (χ4n) is 3.85.